The first-order chi connectivity index (χ1) is 12.3. The van der Waals surface area contributed by atoms with E-state index in [4.69, 9.17) is 5.11 Å². The van der Waals surface area contributed by atoms with E-state index in [9.17, 15) is 14.7 Å². The zero-order valence-corrected chi connectivity index (χ0v) is 18.6. The lowest BCUT2D eigenvalue weighted by molar-refractivity contribution is 0.0691. The van der Waals surface area contributed by atoms with Gasteiger partial charge >= 0.3 is 5.97 Å². The lowest BCUT2D eigenvalue weighted by Crippen LogP contribution is -2.20. The second-order valence-electron chi connectivity index (χ2n) is 6.52. The first-order valence-corrected chi connectivity index (χ1v) is 8.30. The number of nitrogens with zero attached hydrogens (tertiary/aromatic N) is 1. The van der Waals surface area contributed by atoms with Crippen molar-refractivity contribution in [3.63, 3.8) is 0 Å². The van der Waals surface area contributed by atoms with Crippen molar-refractivity contribution in [3.8, 4) is 17.0 Å². The molecule has 2 heterocycles. The van der Waals surface area contributed by atoms with Gasteiger partial charge in [-0.3, -0.25) is 4.79 Å². The predicted molar refractivity (Wildman–Crippen MR) is 121 cm³/mol. The van der Waals surface area contributed by atoms with Crippen LogP contribution in [0.3, 0.4) is 0 Å². The van der Waals surface area contributed by atoms with E-state index in [-0.39, 0.29) is 37.2 Å². The van der Waals surface area contributed by atoms with Gasteiger partial charge in [0.15, 0.2) is 5.56 Å². The van der Waals surface area contributed by atoms with Crippen molar-refractivity contribution >= 4 is 54.1 Å². The van der Waals surface area contributed by atoms with Crippen LogP contribution < -0.4 is 5.56 Å². The number of aromatic carboxylic acids is 1. The van der Waals surface area contributed by atoms with Gasteiger partial charge in [0, 0.05) is 28.9 Å². The molecule has 0 saturated carbocycles. The Kier molecular flexibility index (Phi) is 9.75. The van der Waals surface area contributed by atoms with Crippen LogP contribution in [0.4, 0.5) is 0 Å². The van der Waals surface area contributed by atoms with Crippen LogP contribution in [0.5, 0.6) is 5.75 Å². The first kappa shape index (κ1) is 26.8. The number of H-pyrrole nitrogens is 2. The minimum atomic E-state index is -1.45. The van der Waals surface area contributed by atoms with Crippen LogP contribution in [-0.4, -0.2) is 45.1 Å². The topological polar surface area (TPSA) is 109 Å². The summed E-state index contributed by atoms with van der Waals surface area (Å²) in [6.07, 6.45) is 0.382. The molecule has 0 spiro atoms. The summed E-state index contributed by atoms with van der Waals surface area (Å²) in [5, 5.41) is 20.5. The molecule has 0 fully saturated rings. The SMILES string of the molecule is CCc1c(-c2ccc3cc(CN(C)C)[nH]c3c2)[nH]c(=O)c(C(=O)O)c1O.Cl.Cl.Cl. The lowest BCUT2D eigenvalue weighted by atomic mass is 10.00. The molecule has 0 aliphatic heterocycles. The maximum absolute atomic E-state index is 12.1. The Morgan fingerprint density at radius 2 is 1.76 bits per heavy atom. The number of pyridine rings is 1. The summed E-state index contributed by atoms with van der Waals surface area (Å²) >= 11 is 0. The van der Waals surface area contributed by atoms with Crippen LogP contribution in [0.2, 0.25) is 0 Å². The molecule has 3 aromatic rings. The van der Waals surface area contributed by atoms with Gasteiger partial charge in [-0.1, -0.05) is 19.1 Å². The molecule has 3 rings (SSSR count). The number of carboxylic acids is 1. The van der Waals surface area contributed by atoms with Crippen molar-refractivity contribution in [2.75, 3.05) is 14.1 Å². The molecule has 1 aromatic carbocycles. The largest absolute Gasteiger partial charge is 0.506 e. The summed E-state index contributed by atoms with van der Waals surface area (Å²) in [5.74, 6) is -1.92. The number of fused-ring (bicyclic) bond motifs is 1. The van der Waals surface area contributed by atoms with E-state index in [2.05, 4.69) is 20.9 Å². The molecule has 0 aliphatic carbocycles. The molecule has 0 radical (unpaired) electrons. The number of hydrogen-bond acceptors (Lipinski definition) is 4. The fraction of sp³-hybridized carbons (Fsp3) is 0.263. The van der Waals surface area contributed by atoms with Crippen molar-refractivity contribution in [3.05, 3.63) is 51.4 Å². The van der Waals surface area contributed by atoms with Crippen molar-refractivity contribution in [2.24, 2.45) is 0 Å². The molecule has 0 bridgehead atoms. The Labute approximate surface area is 186 Å². The monoisotopic (exact) mass is 463 g/mol. The molecule has 0 saturated heterocycles. The third kappa shape index (κ3) is 5.25. The summed E-state index contributed by atoms with van der Waals surface area (Å²) in [6.45, 7) is 2.57. The maximum Gasteiger partial charge on any atom is 0.345 e. The van der Waals surface area contributed by atoms with Crippen molar-refractivity contribution < 1.29 is 15.0 Å². The van der Waals surface area contributed by atoms with Gasteiger partial charge in [0.05, 0.1) is 5.69 Å². The Morgan fingerprint density at radius 3 is 2.31 bits per heavy atom. The average Bonchev–Trinajstić information content (AvgIpc) is 2.94. The third-order valence-electron chi connectivity index (χ3n) is 4.31. The van der Waals surface area contributed by atoms with E-state index in [0.29, 0.717) is 23.2 Å². The van der Waals surface area contributed by atoms with Crippen LogP contribution in [0.25, 0.3) is 22.2 Å². The molecule has 2 aromatic heterocycles. The highest BCUT2D eigenvalue weighted by Crippen LogP contribution is 2.31. The van der Waals surface area contributed by atoms with Gasteiger partial charge in [0.1, 0.15) is 5.75 Å². The Balaban J connectivity index is 0.00000261. The minimum Gasteiger partial charge on any atom is -0.506 e. The van der Waals surface area contributed by atoms with E-state index in [0.717, 1.165) is 23.1 Å². The fourth-order valence-electron chi connectivity index (χ4n) is 3.19. The van der Waals surface area contributed by atoms with E-state index < -0.39 is 22.8 Å². The van der Waals surface area contributed by atoms with Gasteiger partial charge in [0.25, 0.3) is 5.56 Å². The normalized spacial score (nSPS) is 10.2. The second-order valence-corrected chi connectivity index (χ2v) is 6.52. The van der Waals surface area contributed by atoms with Gasteiger partial charge in [-0.25, -0.2) is 4.79 Å². The molecule has 7 nitrogen and oxygen atoms in total. The maximum atomic E-state index is 12.1. The number of benzene rings is 1. The predicted octanol–water partition coefficient (Wildman–Crippen LogP) is 3.82. The molecular formula is C19H24Cl3N3O4. The zero-order chi connectivity index (χ0) is 19.0. The lowest BCUT2D eigenvalue weighted by Gasteiger charge is -2.12. The van der Waals surface area contributed by atoms with E-state index in [1.807, 2.05) is 32.3 Å². The Bertz CT molecular complexity index is 1060. The van der Waals surface area contributed by atoms with Crippen molar-refractivity contribution in [1.29, 1.82) is 0 Å². The van der Waals surface area contributed by atoms with E-state index >= 15 is 0 Å². The van der Waals surface area contributed by atoms with Crippen LogP contribution >= 0.6 is 37.2 Å². The van der Waals surface area contributed by atoms with E-state index in [1.165, 1.54) is 0 Å². The van der Waals surface area contributed by atoms with Gasteiger partial charge < -0.3 is 25.1 Å². The standard InChI is InChI=1S/C19H21N3O4.3ClH/c1-4-13-16(21-18(24)15(17(13)23)19(25)26)11-6-5-10-7-12(9-22(2)3)20-14(10)8-11;;;/h5-8,20H,4,9H2,1-3H3,(H,25,26)(H2,21,23,24);3*1H. The summed E-state index contributed by atoms with van der Waals surface area (Å²) in [5.41, 5.74) is 2.07. The quantitative estimate of drug-likeness (QED) is 0.459. The van der Waals surface area contributed by atoms with Crippen molar-refractivity contribution in [1.82, 2.24) is 14.9 Å². The highest BCUT2D eigenvalue weighted by Gasteiger charge is 2.22. The molecule has 0 atom stereocenters. The van der Waals surface area contributed by atoms with Gasteiger partial charge in [0.2, 0.25) is 0 Å². The van der Waals surface area contributed by atoms with E-state index in [1.54, 1.807) is 6.92 Å². The van der Waals surface area contributed by atoms with Gasteiger partial charge in [-0.05, 0) is 38.0 Å². The highest BCUT2D eigenvalue weighted by molar-refractivity contribution is 5.92. The number of carboxylic acid groups (broad SMARTS) is 1. The number of aromatic amines is 2. The Hall–Kier alpha value is -2.19. The smallest absolute Gasteiger partial charge is 0.345 e. The summed E-state index contributed by atoms with van der Waals surface area (Å²) < 4.78 is 0. The molecule has 0 unspecified atom stereocenters. The van der Waals surface area contributed by atoms with Crippen LogP contribution in [0.15, 0.2) is 29.1 Å². The van der Waals surface area contributed by atoms with Gasteiger partial charge in [-0.2, -0.15) is 0 Å². The summed E-state index contributed by atoms with van der Waals surface area (Å²) in [7, 11) is 3.98. The minimum absolute atomic E-state index is 0. The number of halogens is 3. The molecule has 160 valence electrons. The van der Waals surface area contributed by atoms with Crippen LogP contribution in [-0.2, 0) is 13.0 Å². The first-order valence-electron chi connectivity index (χ1n) is 8.30. The number of aromatic hydroxyl groups is 1. The molecule has 10 heteroatoms. The van der Waals surface area contributed by atoms with Gasteiger partial charge in [-0.15, -0.1) is 37.2 Å². The molecule has 4 N–H and O–H groups in total. The molecule has 0 aliphatic rings. The summed E-state index contributed by atoms with van der Waals surface area (Å²) in [6, 6.07) is 7.73. The molecular weight excluding hydrogens is 441 g/mol. The molecule has 29 heavy (non-hydrogen) atoms. The number of rotatable bonds is 5. The highest BCUT2D eigenvalue weighted by atomic mass is 35.5. The Morgan fingerprint density at radius 1 is 1.10 bits per heavy atom. The number of hydrogen-bond donors (Lipinski definition) is 4. The fourth-order valence-corrected chi connectivity index (χ4v) is 3.19. The summed E-state index contributed by atoms with van der Waals surface area (Å²) in [4.78, 5) is 31.4. The molecule has 0 amide bonds. The van der Waals surface area contributed by atoms with Crippen LogP contribution in [0.1, 0.15) is 28.5 Å². The average molecular weight is 465 g/mol. The second kappa shape index (κ2) is 10.5. The number of aromatic nitrogens is 2. The number of nitrogens with one attached hydrogen (secondary N) is 2. The van der Waals surface area contributed by atoms with Crippen molar-refractivity contribution in [2.45, 2.75) is 19.9 Å². The number of carbonyl (C=O) groups is 1. The third-order valence-corrected chi connectivity index (χ3v) is 4.31. The van der Waals surface area contributed by atoms with Crippen LogP contribution in [0, 0.1) is 0 Å². The zero-order valence-electron chi connectivity index (χ0n) is 16.1.